The van der Waals surface area contributed by atoms with Crippen LogP contribution in [-0.2, 0) is 11.4 Å². The third-order valence-corrected chi connectivity index (χ3v) is 7.50. The standard InChI is InChI=1S/C33H37FO4/c1-6-33(3,4)32(36)30-17-22(10-14-27(30)29-19-25(37-5)13-15-31(29)34)20-38-26-9-7-8-24(18-26)28(16-21(2)35)23-11-12-23/h6-10,13-15,17-19,23,28,32,36H,1,11-12,16,20H2,2-5H3/t28-,32-/m1/s1. The zero-order chi connectivity index (χ0) is 27.4. The van der Waals surface area contributed by atoms with E-state index in [1.165, 1.54) is 13.2 Å². The van der Waals surface area contributed by atoms with Crippen LogP contribution in [0, 0.1) is 17.2 Å². The maximum atomic E-state index is 14.9. The predicted octanol–water partition coefficient (Wildman–Crippen LogP) is 7.80. The van der Waals surface area contributed by atoms with Gasteiger partial charge in [0.2, 0.25) is 0 Å². The SMILES string of the molecule is C=CC(C)(C)[C@H](O)c1cc(COc2cccc([C@H](CC(C)=O)C3CC3)c2)ccc1-c1cc(OC)ccc1F. The van der Waals surface area contributed by atoms with Crippen LogP contribution < -0.4 is 9.47 Å². The molecule has 4 rings (SSSR count). The Balaban J connectivity index is 1.63. The van der Waals surface area contributed by atoms with Crippen LogP contribution >= 0.6 is 0 Å². The number of aliphatic hydroxyl groups excluding tert-OH is 1. The lowest BCUT2D eigenvalue weighted by atomic mass is 9.79. The fourth-order valence-corrected chi connectivity index (χ4v) is 4.89. The second kappa shape index (κ2) is 11.5. The number of Topliss-reactive ketones (excluding diaryl/α,β-unsaturated/α-hetero) is 1. The predicted molar refractivity (Wildman–Crippen MR) is 149 cm³/mol. The molecule has 3 aromatic rings. The van der Waals surface area contributed by atoms with Gasteiger partial charge in [-0.2, -0.15) is 0 Å². The van der Waals surface area contributed by atoms with Crippen LogP contribution in [0.15, 0.2) is 73.3 Å². The maximum absolute atomic E-state index is 14.9. The Morgan fingerprint density at radius 2 is 1.87 bits per heavy atom. The summed E-state index contributed by atoms with van der Waals surface area (Å²) in [6.45, 7) is 9.59. The van der Waals surface area contributed by atoms with Crippen molar-refractivity contribution in [2.24, 2.45) is 11.3 Å². The van der Waals surface area contributed by atoms with E-state index in [2.05, 4.69) is 12.6 Å². The van der Waals surface area contributed by atoms with Gasteiger partial charge in [-0.1, -0.05) is 44.2 Å². The largest absolute Gasteiger partial charge is 0.497 e. The van der Waals surface area contributed by atoms with Gasteiger partial charge in [0, 0.05) is 17.4 Å². The maximum Gasteiger partial charge on any atom is 0.131 e. The van der Waals surface area contributed by atoms with Crippen molar-refractivity contribution in [3.05, 3.63) is 95.8 Å². The Hall–Kier alpha value is -3.44. The second-order valence-corrected chi connectivity index (χ2v) is 10.9. The van der Waals surface area contributed by atoms with Crippen LogP contribution in [0.2, 0.25) is 0 Å². The number of rotatable bonds is 12. The van der Waals surface area contributed by atoms with Crippen molar-refractivity contribution in [1.29, 1.82) is 0 Å². The Morgan fingerprint density at radius 1 is 1.11 bits per heavy atom. The molecule has 0 bridgehead atoms. The van der Waals surface area contributed by atoms with Gasteiger partial charge in [0.25, 0.3) is 0 Å². The minimum atomic E-state index is -0.922. The average molecular weight is 517 g/mol. The average Bonchev–Trinajstić information content (AvgIpc) is 3.76. The van der Waals surface area contributed by atoms with Crippen LogP contribution in [0.1, 0.15) is 68.7 Å². The van der Waals surface area contributed by atoms with Crippen LogP contribution in [0.25, 0.3) is 11.1 Å². The molecule has 1 aliphatic carbocycles. The molecule has 2 atom stereocenters. The molecule has 0 saturated heterocycles. The van der Waals surface area contributed by atoms with Crippen molar-refractivity contribution in [1.82, 2.24) is 0 Å². The summed E-state index contributed by atoms with van der Waals surface area (Å²) < 4.78 is 26.4. The molecule has 0 spiro atoms. The Morgan fingerprint density at radius 3 is 2.53 bits per heavy atom. The summed E-state index contributed by atoms with van der Waals surface area (Å²) in [4.78, 5) is 11.8. The Labute approximate surface area is 225 Å². The van der Waals surface area contributed by atoms with Crippen molar-refractivity contribution >= 4 is 5.78 Å². The van der Waals surface area contributed by atoms with E-state index in [-0.39, 0.29) is 18.3 Å². The first-order valence-electron chi connectivity index (χ1n) is 13.1. The monoisotopic (exact) mass is 516 g/mol. The Bertz CT molecular complexity index is 1310. The van der Waals surface area contributed by atoms with Crippen LogP contribution in [0.3, 0.4) is 0 Å². The summed E-state index contributed by atoms with van der Waals surface area (Å²) >= 11 is 0. The number of benzene rings is 3. The number of halogens is 1. The summed E-state index contributed by atoms with van der Waals surface area (Å²) in [7, 11) is 1.54. The molecule has 0 amide bonds. The molecule has 3 aromatic carbocycles. The molecular weight excluding hydrogens is 479 g/mol. The summed E-state index contributed by atoms with van der Waals surface area (Å²) in [5.74, 6) is 1.87. The highest BCUT2D eigenvalue weighted by Crippen LogP contribution is 2.45. The first kappa shape index (κ1) is 27.6. The van der Waals surface area contributed by atoms with Gasteiger partial charge in [-0.15, -0.1) is 6.58 Å². The summed E-state index contributed by atoms with van der Waals surface area (Å²) in [5.41, 5.74) is 2.87. The quantitative estimate of drug-likeness (QED) is 0.250. The van der Waals surface area contributed by atoms with E-state index in [0.29, 0.717) is 34.8 Å². The third-order valence-electron chi connectivity index (χ3n) is 7.50. The summed E-state index contributed by atoms with van der Waals surface area (Å²) in [6, 6.07) is 18.1. The van der Waals surface area contributed by atoms with Gasteiger partial charge in [-0.25, -0.2) is 4.39 Å². The molecular formula is C33H37FO4. The van der Waals surface area contributed by atoms with Crippen molar-refractivity contribution in [2.45, 2.75) is 58.7 Å². The number of hydrogen-bond donors (Lipinski definition) is 1. The molecule has 0 heterocycles. The van der Waals surface area contributed by atoms with Gasteiger partial charge in [0.15, 0.2) is 0 Å². The molecule has 38 heavy (non-hydrogen) atoms. The van der Waals surface area contributed by atoms with E-state index in [1.54, 1.807) is 25.1 Å². The fourth-order valence-electron chi connectivity index (χ4n) is 4.89. The number of carbonyl (C=O) groups excluding carboxylic acids is 1. The van der Waals surface area contributed by atoms with Crippen LogP contribution in [-0.4, -0.2) is 18.0 Å². The number of hydrogen-bond acceptors (Lipinski definition) is 4. The highest BCUT2D eigenvalue weighted by Gasteiger charge is 2.33. The number of ketones is 1. The van der Waals surface area contributed by atoms with Gasteiger partial charge in [-0.3, -0.25) is 0 Å². The first-order valence-corrected chi connectivity index (χ1v) is 13.1. The zero-order valence-electron chi connectivity index (χ0n) is 22.7. The lowest BCUT2D eigenvalue weighted by molar-refractivity contribution is -0.117. The van der Waals surface area contributed by atoms with Crippen molar-refractivity contribution in [3.8, 4) is 22.6 Å². The van der Waals surface area contributed by atoms with Gasteiger partial charge in [-0.05, 0) is 90.3 Å². The molecule has 0 aromatic heterocycles. The van der Waals surface area contributed by atoms with Crippen molar-refractivity contribution < 1.29 is 23.8 Å². The molecule has 200 valence electrons. The minimum absolute atomic E-state index is 0.203. The van der Waals surface area contributed by atoms with Gasteiger partial charge in [0.05, 0.1) is 13.2 Å². The number of carbonyl (C=O) groups is 1. The lowest BCUT2D eigenvalue weighted by Crippen LogP contribution is -2.20. The third kappa shape index (κ3) is 6.33. The highest BCUT2D eigenvalue weighted by atomic mass is 19.1. The molecule has 1 aliphatic rings. The molecule has 0 radical (unpaired) electrons. The fraction of sp³-hybridized carbons (Fsp3) is 0.364. The van der Waals surface area contributed by atoms with Gasteiger partial charge < -0.3 is 19.4 Å². The molecule has 1 fully saturated rings. The summed E-state index contributed by atoms with van der Waals surface area (Å²) in [5, 5.41) is 11.4. The number of aliphatic hydroxyl groups is 1. The molecule has 1 N–H and O–H groups in total. The number of ether oxygens (including phenoxy) is 2. The van der Waals surface area contributed by atoms with E-state index in [9.17, 15) is 14.3 Å². The Kier molecular flexibility index (Phi) is 8.37. The van der Waals surface area contributed by atoms with Gasteiger partial charge >= 0.3 is 0 Å². The molecule has 4 nitrogen and oxygen atoms in total. The second-order valence-electron chi connectivity index (χ2n) is 10.9. The van der Waals surface area contributed by atoms with E-state index in [0.717, 1.165) is 29.7 Å². The molecule has 5 heteroatoms. The van der Waals surface area contributed by atoms with E-state index < -0.39 is 17.3 Å². The molecule has 0 unspecified atom stereocenters. The normalized spacial score (nSPS) is 15.0. The van der Waals surface area contributed by atoms with Gasteiger partial charge in [0.1, 0.15) is 29.7 Å². The topological polar surface area (TPSA) is 55.8 Å². The van der Waals surface area contributed by atoms with E-state index in [4.69, 9.17) is 9.47 Å². The lowest BCUT2D eigenvalue weighted by Gasteiger charge is -2.29. The smallest absolute Gasteiger partial charge is 0.131 e. The van der Waals surface area contributed by atoms with Crippen molar-refractivity contribution in [2.75, 3.05) is 7.11 Å². The molecule has 1 saturated carbocycles. The zero-order valence-corrected chi connectivity index (χ0v) is 22.7. The van der Waals surface area contributed by atoms with Crippen molar-refractivity contribution in [3.63, 3.8) is 0 Å². The first-order chi connectivity index (χ1) is 18.1. The number of methoxy groups -OCH3 is 1. The highest BCUT2D eigenvalue weighted by molar-refractivity contribution is 5.76. The summed E-state index contributed by atoms with van der Waals surface area (Å²) in [6.07, 6.45) is 3.66. The van der Waals surface area contributed by atoms with Crippen LogP contribution in [0.4, 0.5) is 4.39 Å². The van der Waals surface area contributed by atoms with E-state index >= 15 is 0 Å². The van der Waals surface area contributed by atoms with Crippen LogP contribution in [0.5, 0.6) is 11.5 Å². The minimum Gasteiger partial charge on any atom is -0.497 e. The van der Waals surface area contributed by atoms with E-state index in [1.807, 2.05) is 50.2 Å². The molecule has 0 aliphatic heterocycles.